The number of aliphatic carboxylic acids is 1. The van der Waals surface area contributed by atoms with Gasteiger partial charge in [-0.15, -0.1) is 0 Å². The van der Waals surface area contributed by atoms with Crippen molar-refractivity contribution in [2.24, 2.45) is 5.73 Å². The molecule has 2 saturated heterocycles. The van der Waals surface area contributed by atoms with E-state index in [1.54, 1.807) is 18.2 Å². The molecule has 0 radical (unpaired) electrons. The van der Waals surface area contributed by atoms with Gasteiger partial charge in [-0.3, -0.25) is 4.79 Å². The molecule has 11 unspecified atom stereocenters. The number of ether oxygens (including phenoxy) is 4. The number of nitrogens with two attached hydrogens (primary N) is 1. The average Bonchev–Trinajstić information content (AvgIpc) is 3.73. The predicted molar refractivity (Wildman–Crippen MR) is 236 cm³/mol. The van der Waals surface area contributed by atoms with Crippen molar-refractivity contribution in [2.75, 3.05) is 6.61 Å². The fourth-order valence-electron chi connectivity index (χ4n) is 9.94. The second kappa shape index (κ2) is 16.4. The summed E-state index contributed by atoms with van der Waals surface area (Å²) in [7, 11) is 0. The summed E-state index contributed by atoms with van der Waals surface area (Å²) in [5.41, 5.74) is -4.41. The number of benzene rings is 2. The van der Waals surface area contributed by atoms with Crippen LogP contribution in [0.15, 0.2) is 81.3 Å². The number of carbonyl (C=O) groups is 2. The second-order valence-electron chi connectivity index (χ2n) is 17.9. The van der Waals surface area contributed by atoms with Gasteiger partial charge in [-0.25, -0.2) is 9.59 Å². The topological polar surface area (TPSA) is 398 Å². The molecule has 23 nitrogen and oxygen atoms in total. The molecule has 2 aromatic carbocycles. The Morgan fingerprint density at radius 3 is 2.45 bits per heavy atom. The van der Waals surface area contributed by atoms with E-state index in [9.17, 15) is 70.9 Å². The number of rotatable bonds is 5. The highest BCUT2D eigenvalue weighted by Crippen LogP contribution is 2.56. The number of dihydropyridines is 1. The number of aromatic nitrogens is 1. The minimum atomic E-state index is -3.90. The third-order valence-corrected chi connectivity index (χ3v) is 13.8. The molecule has 370 valence electrons. The predicted octanol–water partition coefficient (Wildman–Crippen LogP) is -2.38. The Bertz CT molecular complexity index is 3240. The summed E-state index contributed by atoms with van der Waals surface area (Å²) in [6, 6.07) is 6.10. The first-order valence-electron chi connectivity index (χ1n) is 21.8. The number of aromatic amines is 1. The molecule has 11 atom stereocenters. The Kier molecular flexibility index (Phi) is 11.0. The quantitative estimate of drug-likeness (QED) is 0.0326. The molecule has 4 aromatic rings. The largest absolute Gasteiger partial charge is 0.507 e. The smallest absolute Gasteiger partial charge is 0.354 e. The highest BCUT2D eigenvalue weighted by molar-refractivity contribution is 5.90. The third kappa shape index (κ3) is 6.79. The van der Waals surface area contributed by atoms with E-state index in [0.717, 1.165) is 18.2 Å². The standard InChI is InChI=1S/C48H43N3O20/c49-32-5-4-22(19-51-32)25-15-24-16-26-20(6-11-50-26)3-1-8-44(64)39(59)40(60)47(24,71-46(44)10-2-9-45(42(61)62)48(65,66)38(58)37(57)41(70-45)68-43(46)63)69-31-18-30-34(36(56)33(25)31)27(53)17-29(67-30)23-13-21(7-12-52)35(55)28(54)14-23/h4-6,11,13-15,17-19,25,32,37-41,50-52,54-60,64-66H,7-8,10,12,16,49H2,(H,61,62). The second-order valence-corrected chi connectivity index (χ2v) is 17.9. The molecule has 7 aliphatic rings. The Labute approximate surface area is 398 Å². The van der Waals surface area contributed by atoms with E-state index < -0.39 is 142 Å². The van der Waals surface area contributed by atoms with Crippen LogP contribution >= 0.6 is 0 Å². The van der Waals surface area contributed by atoms with Crippen LogP contribution in [0.5, 0.6) is 23.0 Å². The minimum Gasteiger partial charge on any atom is -0.507 e. The Morgan fingerprint density at radius 2 is 1.73 bits per heavy atom. The fraction of sp³-hybridized carbons (Fsp3) is 0.354. The molecule has 4 bridgehead atoms. The molecule has 6 aliphatic heterocycles. The molecule has 8 heterocycles. The summed E-state index contributed by atoms with van der Waals surface area (Å²) in [5, 5.41) is 138. The molecule has 2 aromatic heterocycles. The molecule has 0 saturated carbocycles. The van der Waals surface area contributed by atoms with E-state index in [2.05, 4.69) is 28.1 Å². The lowest BCUT2D eigenvalue weighted by Gasteiger charge is -2.57. The number of esters is 1. The SMILES string of the molecule is NC1C=CC(C2C=C3Cc4[nH]ccc4C#CCC4(O)C(O)C(O)C3(Oc3cc5oc(-c6cc(O)c(O)c(CCO)c6)cc(=O)c5c(O)c32)OC42CC#CC3(C(=O)O)OC(OC2=O)C(O)C(O)C3(O)O)=CN1. The van der Waals surface area contributed by atoms with E-state index in [1.807, 2.05) is 5.92 Å². The van der Waals surface area contributed by atoms with Crippen LogP contribution in [-0.2, 0) is 36.6 Å². The molecular formula is C48H43N3O20. The maximum atomic E-state index is 15.1. The summed E-state index contributed by atoms with van der Waals surface area (Å²) in [6.07, 6.45) is -9.02. The van der Waals surface area contributed by atoms with Gasteiger partial charge < -0.3 is 101 Å². The Morgan fingerprint density at radius 1 is 0.958 bits per heavy atom. The first-order valence-corrected chi connectivity index (χ1v) is 21.8. The summed E-state index contributed by atoms with van der Waals surface area (Å²) < 4.78 is 30.5. The zero-order valence-corrected chi connectivity index (χ0v) is 36.6. The van der Waals surface area contributed by atoms with Gasteiger partial charge in [0.2, 0.25) is 17.7 Å². The summed E-state index contributed by atoms with van der Waals surface area (Å²) in [5.74, 6) is -4.97. The van der Waals surface area contributed by atoms with Gasteiger partial charge in [-0.1, -0.05) is 29.9 Å². The molecule has 2 spiro atoms. The van der Waals surface area contributed by atoms with Crippen LogP contribution < -0.4 is 21.2 Å². The number of allylic oxidation sites excluding steroid dienone is 3. The maximum absolute atomic E-state index is 15.1. The molecule has 11 rings (SSSR count). The number of carboxylic acids is 1. The minimum absolute atomic E-state index is 0.0384. The maximum Gasteiger partial charge on any atom is 0.354 e. The van der Waals surface area contributed by atoms with E-state index in [0.29, 0.717) is 16.8 Å². The third-order valence-electron chi connectivity index (χ3n) is 13.8. The molecule has 1 aliphatic carbocycles. The number of phenols is 3. The highest BCUT2D eigenvalue weighted by Gasteiger charge is 2.76. The van der Waals surface area contributed by atoms with Gasteiger partial charge in [0.05, 0.1) is 12.6 Å². The van der Waals surface area contributed by atoms with Crippen molar-refractivity contribution < 1.29 is 94.2 Å². The number of fused-ring (bicyclic) bond motifs is 6. The monoisotopic (exact) mass is 981 g/mol. The number of aromatic hydroxyl groups is 3. The molecule has 71 heavy (non-hydrogen) atoms. The lowest BCUT2D eigenvalue weighted by atomic mass is 9.67. The van der Waals surface area contributed by atoms with E-state index >= 15 is 4.79 Å². The van der Waals surface area contributed by atoms with Gasteiger partial charge >= 0.3 is 11.9 Å². The van der Waals surface area contributed by atoms with Crippen molar-refractivity contribution in [3.8, 4) is 58.0 Å². The van der Waals surface area contributed by atoms with E-state index in [-0.39, 0.29) is 40.9 Å². The van der Waals surface area contributed by atoms with Crippen LogP contribution in [-0.4, -0.2) is 150 Å². The van der Waals surface area contributed by atoms with Crippen LogP contribution in [0.25, 0.3) is 22.3 Å². The molecular weight excluding hydrogens is 939 g/mol. The van der Waals surface area contributed by atoms with E-state index in [4.69, 9.17) is 29.1 Å². The number of H-pyrrole nitrogens is 1. The normalized spacial score (nSPS) is 33.4. The van der Waals surface area contributed by atoms with Crippen LogP contribution in [0.2, 0.25) is 0 Å². The summed E-state index contributed by atoms with van der Waals surface area (Å²) in [4.78, 5) is 45.2. The lowest BCUT2D eigenvalue weighted by Crippen LogP contribution is -2.80. The number of nitrogens with one attached hydrogen (secondary N) is 2. The number of aliphatic hydroxyl groups excluding tert-OH is 5. The number of carbonyl (C=O) groups excluding carboxylic acids is 1. The first kappa shape index (κ1) is 47.4. The van der Waals surface area contributed by atoms with Crippen molar-refractivity contribution in [2.45, 2.75) is 96.9 Å². The van der Waals surface area contributed by atoms with Crippen molar-refractivity contribution >= 4 is 22.9 Å². The molecule has 0 amide bonds. The van der Waals surface area contributed by atoms with Gasteiger partial charge in [0.15, 0.2) is 23.0 Å². The van der Waals surface area contributed by atoms with Crippen molar-refractivity contribution in [3.05, 3.63) is 105 Å². The van der Waals surface area contributed by atoms with Crippen molar-refractivity contribution in [3.63, 3.8) is 0 Å². The molecule has 2 fully saturated rings. The number of phenolic OH excluding ortho intramolecular Hbond substituents is 3. The fourth-order valence-corrected chi connectivity index (χ4v) is 9.94. The van der Waals surface area contributed by atoms with Gasteiger partial charge in [0, 0.05) is 83.4 Å². The van der Waals surface area contributed by atoms with Gasteiger partial charge in [0.25, 0.3) is 11.4 Å². The Balaban J connectivity index is 1.26. The number of aliphatic hydroxyl groups is 8. The van der Waals surface area contributed by atoms with Crippen molar-refractivity contribution in [1.29, 1.82) is 0 Å². The highest BCUT2D eigenvalue weighted by atomic mass is 16.8. The van der Waals surface area contributed by atoms with E-state index in [1.165, 1.54) is 24.5 Å². The van der Waals surface area contributed by atoms with Crippen LogP contribution in [0.4, 0.5) is 0 Å². The lowest BCUT2D eigenvalue weighted by molar-refractivity contribution is -0.399. The van der Waals surface area contributed by atoms with Gasteiger partial charge in [-0.05, 0) is 42.2 Å². The molecule has 23 heteroatoms. The number of hydrogen-bond acceptors (Lipinski definition) is 21. The van der Waals surface area contributed by atoms with Gasteiger partial charge in [-0.2, -0.15) is 0 Å². The number of carboxylic acid groups (broad SMARTS) is 1. The van der Waals surface area contributed by atoms with Crippen LogP contribution in [0, 0.1) is 23.7 Å². The van der Waals surface area contributed by atoms with Crippen LogP contribution in [0.3, 0.4) is 0 Å². The first-order chi connectivity index (χ1) is 33.6. The summed E-state index contributed by atoms with van der Waals surface area (Å²) >= 11 is 0. The summed E-state index contributed by atoms with van der Waals surface area (Å²) in [6.45, 7) is -0.431. The molecule has 16 N–H and O–H groups in total. The Hall–Kier alpha value is -7.23. The van der Waals surface area contributed by atoms with Gasteiger partial charge in [0.1, 0.15) is 52.1 Å². The average molecular weight is 982 g/mol. The van der Waals surface area contributed by atoms with Crippen LogP contribution in [0.1, 0.15) is 41.1 Å². The zero-order valence-electron chi connectivity index (χ0n) is 36.6. The van der Waals surface area contributed by atoms with Crippen molar-refractivity contribution in [1.82, 2.24) is 10.3 Å². The zero-order chi connectivity index (χ0) is 50.7. The number of hydrogen-bond donors (Lipinski definition) is 15.